The highest BCUT2D eigenvalue weighted by Gasteiger charge is 2.20. The van der Waals surface area contributed by atoms with Crippen molar-refractivity contribution < 1.29 is 14.3 Å². The van der Waals surface area contributed by atoms with E-state index in [1.54, 1.807) is 7.11 Å². The van der Waals surface area contributed by atoms with Gasteiger partial charge in [0.1, 0.15) is 5.75 Å². The van der Waals surface area contributed by atoms with Crippen LogP contribution in [0.5, 0.6) is 5.75 Å². The van der Waals surface area contributed by atoms with Crippen LogP contribution in [0.4, 0.5) is 0 Å². The van der Waals surface area contributed by atoms with Crippen LogP contribution in [0.3, 0.4) is 0 Å². The van der Waals surface area contributed by atoms with Gasteiger partial charge in [-0.3, -0.25) is 4.79 Å². The van der Waals surface area contributed by atoms with Crippen LogP contribution in [0.1, 0.15) is 27.9 Å². The van der Waals surface area contributed by atoms with Crippen LogP contribution >= 0.6 is 0 Å². The summed E-state index contributed by atoms with van der Waals surface area (Å²) in [5.74, 6) is 0.960. The van der Waals surface area contributed by atoms with E-state index in [1.807, 2.05) is 26.0 Å². The molecular weight excluding hydrogens is 242 g/mol. The molecule has 104 valence electrons. The Morgan fingerprint density at radius 2 is 2.21 bits per heavy atom. The van der Waals surface area contributed by atoms with E-state index in [4.69, 9.17) is 9.47 Å². The number of carbonyl (C=O) groups is 1. The molecular formula is C15H21NO3. The van der Waals surface area contributed by atoms with E-state index in [0.29, 0.717) is 13.0 Å². The molecule has 1 heterocycles. The third kappa shape index (κ3) is 3.14. The van der Waals surface area contributed by atoms with Crippen molar-refractivity contribution >= 4 is 5.78 Å². The monoisotopic (exact) mass is 263 g/mol. The van der Waals surface area contributed by atoms with Gasteiger partial charge >= 0.3 is 0 Å². The molecule has 4 nitrogen and oxygen atoms in total. The van der Waals surface area contributed by atoms with E-state index < -0.39 is 0 Å². The summed E-state index contributed by atoms with van der Waals surface area (Å²) >= 11 is 0. The normalized spacial score (nSPS) is 19.2. The van der Waals surface area contributed by atoms with Gasteiger partial charge in [0.05, 0.1) is 19.8 Å². The molecule has 1 N–H and O–H groups in total. The zero-order valence-corrected chi connectivity index (χ0v) is 11.8. The molecule has 19 heavy (non-hydrogen) atoms. The first-order chi connectivity index (χ1) is 9.13. The van der Waals surface area contributed by atoms with E-state index in [1.165, 1.54) is 0 Å². The van der Waals surface area contributed by atoms with Crippen molar-refractivity contribution in [2.24, 2.45) is 0 Å². The molecule has 1 saturated heterocycles. The Kier molecular flexibility index (Phi) is 4.56. The molecule has 0 amide bonds. The van der Waals surface area contributed by atoms with Crippen molar-refractivity contribution in [2.75, 3.05) is 26.8 Å². The van der Waals surface area contributed by atoms with Crippen LogP contribution in [0.15, 0.2) is 12.1 Å². The third-order valence-electron chi connectivity index (χ3n) is 3.68. The van der Waals surface area contributed by atoms with Gasteiger partial charge in [-0.25, -0.2) is 0 Å². The number of ether oxygens (including phenoxy) is 2. The molecule has 0 bridgehead atoms. The minimum atomic E-state index is -0.0111. The molecule has 0 aromatic heterocycles. The first kappa shape index (κ1) is 14.0. The fraction of sp³-hybridized carbons (Fsp3) is 0.533. The minimum absolute atomic E-state index is 0.0111. The number of carbonyl (C=O) groups excluding carboxylic acids is 1. The first-order valence-corrected chi connectivity index (χ1v) is 6.63. The SMILES string of the molecule is COc1ccc(C(=O)CC2CNCCO2)c(C)c1C. The molecule has 0 aliphatic carbocycles. The Morgan fingerprint density at radius 3 is 2.84 bits per heavy atom. The highest BCUT2D eigenvalue weighted by Crippen LogP contribution is 2.25. The molecule has 0 spiro atoms. The first-order valence-electron chi connectivity index (χ1n) is 6.63. The van der Waals surface area contributed by atoms with E-state index in [0.717, 1.165) is 35.5 Å². The molecule has 1 atom stereocenters. The Bertz CT molecular complexity index is 465. The number of methoxy groups -OCH3 is 1. The van der Waals surface area contributed by atoms with Gasteiger partial charge in [0.25, 0.3) is 0 Å². The predicted molar refractivity (Wildman–Crippen MR) is 74.0 cm³/mol. The van der Waals surface area contributed by atoms with Crippen molar-refractivity contribution in [3.05, 3.63) is 28.8 Å². The maximum Gasteiger partial charge on any atom is 0.165 e. The Morgan fingerprint density at radius 1 is 1.42 bits per heavy atom. The molecule has 1 unspecified atom stereocenters. The lowest BCUT2D eigenvalue weighted by atomic mass is 9.96. The highest BCUT2D eigenvalue weighted by atomic mass is 16.5. The molecule has 0 radical (unpaired) electrons. The van der Waals surface area contributed by atoms with Crippen molar-refractivity contribution in [2.45, 2.75) is 26.4 Å². The second-order valence-electron chi connectivity index (χ2n) is 4.89. The van der Waals surface area contributed by atoms with Gasteiger partial charge in [-0.2, -0.15) is 0 Å². The number of benzene rings is 1. The number of hydrogen-bond acceptors (Lipinski definition) is 4. The second-order valence-corrected chi connectivity index (χ2v) is 4.89. The van der Waals surface area contributed by atoms with Crippen LogP contribution < -0.4 is 10.1 Å². The van der Waals surface area contributed by atoms with Gasteiger partial charge in [-0.1, -0.05) is 0 Å². The van der Waals surface area contributed by atoms with Crippen molar-refractivity contribution in [1.82, 2.24) is 5.32 Å². The van der Waals surface area contributed by atoms with Crippen molar-refractivity contribution in [1.29, 1.82) is 0 Å². The Hall–Kier alpha value is -1.39. The van der Waals surface area contributed by atoms with Crippen LogP contribution in [-0.4, -0.2) is 38.7 Å². The predicted octanol–water partition coefficient (Wildman–Crippen LogP) is 1.87. The summed E-state index contributed by atoms with van der Waals surface area (Å²) < 4.78 is 10.8. The lowest BCUT2D eigenvalue weighted by Crippen LogP contribution is -2.39. The summed E-state index contributed by atoms with van der Waals surface area (Å²) in [7, 11) is 1.64. The Balaban J connectivity index is 2.12. The summed E-state index contributed by atoms with van der Waals surface area (Å²) in [6.45, 7) is 6.23. The molecule has 1 aromatic carbocycles. The number of hydrogen-bond donors (Lipinski definition) is 1. The van der Waals surface area contributed by atoms with E-state index in [9.17, 15) is 4.79 Å². The van der Waals surface area contributed by atoms with E-state index >= 15 is 0 Å². The van der Waals surface area contributed by atoms with Crippen molar-refractivity contribution in [3.8, 4) is 5.75 Å². The number of Topliss-reactive ketones (excluding diaryl/α,β-unsaturated/α-hetero) is 1. The maximum atomic E-state index is 12.3. The topological polar surface area (TPSA) is 47.6 Å². The van der Waals surface area contributed by atoms with Crippen LogP contribution in [0.2, 0.25) is 0 Å². The summed E-state index contributed by atoms with van der Waals surface area (Å²) in [5.41, 5.74) is 2.79. The quantitative estimate of drug-likeness (QED) is 0.843. The summed E-state index contributed by atoms with van der Waals surface area (Å²) in [4.78, 5) is 12.3. The van der Waals surface area contributed by atoms with Crippen molar-refractivity contribution in [3.63, 3.8) is 0 Å². The number of ketones is 1. The summed E-state index contributed by atoms with van der Waals surface area (Å²) in [6.07, 6.45) is 0.419. The molecule has 1 aliphatic heterocycles. The van der Waals surface area contributed by atoms with Gasteiger partial charge < -0.3 is 14.8 Å². The average Bonchev–Trinajstić information content (AvgIpc) is 2.42. The van der Waals surface area contributed by atoms with Gasteiger partial charge in [-0.05, 0) is 37.1 Å². The largest absolute Gasteiger partial charge is 0.496 e. The molecule has 4 heteroatoms. The fourth-order valence-electron chi connectivity index (χ4n) is 2.39. The van der Waals surface area contributed by atoms with Gasteiger partial charge in [0.2, 0.25) is 0 Å². The summed E-state index contributed by atoms with van der Waals surface area (Å²) in [6, 6.07) is 3.70. The van der Waals surface area contributed by atoms with Crippen LogP contribution in [0, 0.1) is 13.8 Å². The van der Waals surface area contributed by atoms with Crippen LogP contribution in [0.25, 0.3) is 0 Å². The van der Waals surface area contributed by atoms with Gasteiger partial charge in [0, 0.05) is 25.1 Å². The average molecular weight is 263 g/mol. The zero-order valence-electron chi connectivity index (χ0n) is 11.8. The van der Waals surface area contributed by atoms with Gasteiger partial charge in [-0.15, -0.1) is 0 Å². The lowest BCUT2D eigenvalue weighted by Gasteiger charge is -2.23. The lowest BCUT2D eigenvalue weighted by molar-refractivity contribution is 0.0240. The zero-order chi connectivity index (χ0) is 13.8. The molecule has 1 aliphatic rings. The smallest absolute Gasteiger partial charge is 0.165 e. The number of morpholine rings is 1. The maximum absolute atomic E-state index is 12.3. The second kappa shape index (κ2) is 6.17. The standard InChI is InChI=1S/C15H21NO3/c1-10-11(2)15(18-3)5-4-13(10)14(17)8-12-9-16-6-7-19-12/h4-5,12,16H,6-9H2,1-3H3. The molecule has 0 saturated carbocycles. The fourth-order valence-corrected chi connectivity index (χ4v) is 2.39. The third-order valence-corrected chi connectivity index (χ3v) is 3.68. The van der Waals surface area contributed by atoms with Crippen LogP contribution in [-0.2, 0) is 4.74 Å². The summed E-state index contributed by atoms with van der Waals surface area (Å²) in [5, 5.41) is 3.24. The highest BCUT2D eigenvalue weighted by molar-refractivity contribution is 5.98. The van der Waals surface area contributed by atoms with E-state index in [2.05, 4.69) is 5.32 Å². The minimum Gasteiger partial charge on any atom is -0.496 e. The molecule has 2 rings (SSSR count). The molecule has 1 fully saturated rings. The van der Waals surface area contributed by atoms with Gasteiger partial charge in [0.15, 0.2) is 5.78 Å². The van der Waals surface area contributed by atoms with E-state index in [-0.39, 0.29) is 11.9 Å². The number of rotatable bonds is 4. The number of nitrogens with one attached hydrogen (secondary N) is 1. The molecule has 1 aromatic rings. The Labute approximate surface area is 114 Å².